The second kappa shape index (κ2) is 11.6. The third-order valence-electron chi connectivity index (χ3n) is 4.41. The van der Waals surface area contributed by atoms with Crippen LogP contribution < -0.4 is 14.8 Å². The number of anilines is 1. The van der Waals surface area contributed by atoms with Crippen LogP contribution in [0.5, 0.6) is 11.5 Å². The predicted molar refractivity (Wildman–Crippen MR) is 118 cm³/mol. The van der Waals surface area contributed by atoms with E-state index < -0.39 is 10.0 Å². The Kier molecular flexibility index (Phi) is 9.14. The first-order valence-electron chi connectivity index (χ1n) is 10.2. The van der Waals surface area contributed by atoms with Crippen LogP contribution in [0.1, 0.15) is 33.6 Å². The topological polar surface area (TPSA) is 84.9 Å². The minimum Gasteiger partial charge on any atom is -0.494 e. The summed E-state index contributed by atoms with van der Waals surface area (Å²) in [5.74, 6) is 1.31. The highest BCUT2D eigenvalue weighted by molar-refractivity contribution is 7.89. The molecule has 2 aromatic carbocycles. The van der Waals surface area contributed by atoms with Gasteiger partial charge in [-0.15, -0.1) is 0 Å². The van der Waals surface area contributed by atoms with Crippen molar-refractivity contribution in [2.45, 2.75) is 38.5 Å². The number of benzene rings is 2. The summed E-state index contributed by atoms with van der Waals surface area (Å²) in [5, 5.41) is 2.76. The smallest absolute Gasteiger partial charge is 0.243 e. The molecule has 2 rings (SSSR count). The van der Waals surface area contributed by atoms with Gasteiger partial charge in [0.1, 0.15) is 11.5 Å². The molecule has 0 fully saturated rings. The van der Waals surface area contributed by atoms with E-state index in [0.29, 0.717) is 44.2 Å². The molecule has 0 bridgehead atoms. The number of nitrogens with zero attached hydrogens (tertiary/aromatic N) is 1. The van der Waals surface area contributed by atoms with Crippen molar-refractivity contribution in [3.63, 3.8) is 0 Å². The molecule has 0 aliphatic rings. The van der Waals surface area contributed by atoms with Gasteiger partial charge in [-0.1, -0.05) is 19.9 Å². The maximum atomic E-state index is 12.6. The van der Waals surface area contributed by atoms with E-state index in [1.54, 1.807) is 26.0 Å². The number of hydrogen-bond donors (Lipinski definition) is 1. The fraction of sp³-hybridized carbons (Fsp3) is 0.409. The monoisotopic (exact) mass is 434 g/mol. The van der Waals surface area contributed by atoms with Crippen molar-refractivity contribution in [1.29, 1.82) is 0 Å². The maximum absolute atomic E-state index is 12.6. The number of sulfonamides is 1. The van der Waals surface area contributed by atoms with Crippen LogP contribution in [-0.4, -0.2) is 44.9 Å². The third kappa shape index (κ3) is 6.74. The van der Waals surface area contributed by atoms with Gasteiger partial charge in [0.2, 0.25) is 15.9 Å². The van der Waals surface area contributed by atoms with Gasteiger partial charge in [0.15, 0.2) is 0 Å². The summed E-state index contributed by atoms with van der Waals surface area (Å²) in [6.07, 6.45) is 0.806. The first kappa shape index (κ1) is 23.7. The Hall–Kier alpha value is -2.58. The molecule has 0 saturated carbocycles. The molecule has 0 radical (unpaired) electrons. The van der Waals surface area contributed by atoms with E-state index in [1.165, 1.54) is 16.4 Å². The van der Waals surface area contributed by atoms with Crippen LogP contribution in [0.4, 0.5) is 5.69 Å². The molecule has 0 unspecified atom stereocenters. The van der Waals surface area contributed by atoms with Gasteiger partial charge < -0.3 is 14.8 Å². The minimum atomic E-state index is -3.56. The van der Waals surface area contributed by atoms with Crippen LogP contribution in [0.25, 0.3) is 0 Å². The quantitative estimate of drug-likeness (QED) is 0.512. The molecule has 7 nitrogen and oxygen atoms in total. The normalized spacial score (nSPS) is 11.3. The van der Waals surface area contributed by atoms with E-state index in [1.807, 2.05) is 31.2 Å². The minimum absolute atomic E-state index is 0.169. The molecule has 0 spiro atoms. The average Bonchev–Trinajstić information content (AvgIpc) is 2.73. The number of hydrogen-bond acceptors (Lipinski definition) is 5. The van der Waals surface area contributed by atoms with Gasteiger partial charge in [0.25, 0.3) is 0 Å². The molecule has 2 aromatic rings. The number of rotatable bonds is 12. The van der Waals surface area contributed by atoms with Crippen LogP contribution in [0, 0.1) is 0 Å². The summed E-state index contributed by atoms with van der Waals surface area (Å²) in [6, 6.07) is 13.7. The second-order valence-electron chi connectivity index (χ2n) is 6.52. The van der Waals surface area contributed by atoms with E-state index in [9.17, 15) is 13.2 Å². The SMILES string of the molecule is CCOc1ccc(OCCCC(=O)Nc2cccc(S(=O)(=O)N(CC)CC)c2)cc1. The lowest BCUT2D eigenvalue weighted by atomic mass is 10.2. The van der Waals surface area contributed by atoms with Crippen LogP contribution in [0.2, 0.25) is 0 Å². The molecule has 8 heteroatoms. The molecule has 0 aliphatic heterocycles. The van der Waals surface area contributed by atoms with Crippen molar-refractivity contribution in [3.05, 3.63) is 48.5 Å². The van der Waals surface area contributed by atoms with E-state index in [4.69, 9.17) is 9.47 Å². The van der Waals surface area contributed by atoms with E-state index in [2.05, 4.69) is 5.32 Å². The van der Waals surface area contributed by atoms with Crippen molar-refractivity contribution in [3.8, 4) is 11.5 Å². The van der Waals surface area contributed by atoms with Crippen LogP contribution >= 0.6 is 0 Å². The maximum Gasteiger partial charge on any atom is 0.243 e. The number of nitrogens with one attached hydrogen (secondary N) is 1. The van der Waals surface area contributed by atoms with Crippen molar-refractivity contribution < 1.29 is 22.7 Å². The van der Waals surface area contributed by atoms with Crippen LogP contribution in [-0.2, 0) is 14.8 Å². The zero-order chi connectivity index (χ0) is 22.0. The van der Waals surface area contributed by atoms with Gasteiger partial charge in [-0.3, -0.25) is 4.79 Å². The van der Waals surface area contributed by atoms with E-state index in [0.717, 1.165) is 5.75 Å². The van der Waals surface area contributed by atoms with Gasteiger partial charge in [-0.2, -0.15) is 4.31 Å². The number of carbonyl (C=O) groups excluding carboxylic acids is 1. The molecule has 0 aliphatic carbocycles. The zero-order valence-electron chi connectivity index (χ0n) is 17.8. The molecule has 0 heterocycles. The number of amides is 1. The summed E-state index contributed by atoms with van der Waals surface area (Å²) < 4.78 is 37.6. The lowest BCUT2D eigenvalue weighted by Gasteiger charge is -2.18. The first-order chi connectivity index (χ1) is 14.4. The number of carbonyl (C=O) groups is 1. The highest BCUT2D eigenvalue weighted by Gasteiger charge is 2.21. The largest absolute Gasteiger partial charge is 0.494 e. The molecular weight excluding hydrogens is 404 g/mol. The zero-order valence-corrected chi connectivity index (χ0v) is 18.6. The lowest BCUT2D eigenvalue weighted by molar-refractivity contribution is -0.116. The molecule has 164 valence electrons. The molecule has 0 atom stereocenters. The Morgan fingerprint density at radius 1 is 0.967 bits per heavy atom. The van der Waals surface area contributed by atoms with Gasteiger partial charge in [0, 0.05) is 25.2 Å². The van der Waals surface area contributed by atoms with Crippen molar-refractivity contribution in [1.82, 2.24) is 4.31 Å². The van der Waals surface area contributed by atoms with Crippen molar-refractivity contribution >= 4 is 21.6 Å². The Morgan fingerprint density at radius 2 is 1.60 bits per heavy atom. The molecule has 1 amide bonds. The summed E-state index contributed by atoms with van der Waals surface area (Å²) in [7, 11) is -3.56. The Balaban J connectivity index is 1.83. The highest BCUT2D eigenvalue weighted by Crippen LogP contribution is 2.20. The predicted octanol–water partition coefficient (Wildman–Crippen LogP) is 3.91. The number of ether oxygens (including phenoxy) is 2. The van der Waals surface area contributed by atoms with Crippen molar-refractivity contribution in [2.75, 3.05) is 31.6 Å². The third-order valence-corrected chi connectivity index (χ3v) is 6.46. The Labute approximate surface area is 179 Å². The molecular formula is C22H30N2O5S. The first-order valence-corrected chi connectivity index (χ1v) is 11.6. The van der Waals surface area contributed by atoms with Crippen LogP contribution in [0.3, 0.4) is 0 Å². The average molecular weight is 435 g/mol. The summed E-state index contributed by atoms with van der Waals surface area (Å²) in [6.45, 7) is 7.31. The van der Waals surface area contributed by atoms with Gasteiger partial charge in [-0.25, -0.2) is 8.42 Å². The summed E-state index contributed by atoms with van der Waals surface area (Å²) >= 11 is 0. The van der Waals surface area contributed by atoms with Gasteiger partial charge in [0.05, 0.1) is 18.1 Å². The molecule has 0 aromatic heterocycles. The summed E-state index contributed by atoms with van der Waals surface area (Å²) in [4.78, 5) is 12.4. The van der Waals surface area contributed by atoms with Crippen LogP contribution in [0.15, 0.2) is 53.4 Å². The van der Waals surface area contributed by atoms with Gasteiger partial charge >= 0.3 is 0 Å². The second-order valence-corrected chi connectivity index (χ2v) is 8.46. The van der Waals surface area contributed by atoms with E-state index in [-0.39, 0.29) is 17.2 Å². The summed E-state index contributed by atoms with van der Waals surface area (Å²) in [5.41, 5.74) is 0.459. The van der Waals surface area contributed by atoms with E-state index >= 15 is 0 Å². The highest BCUT2D eigenvalue weighted by atomic mass is 32.2. The Bertz CT molecular complexity index is 909. The fourth-order valence-electron chi connectivity index (χ4n) is 2.89. The fourth-order valence-corrected chi connectivity index (χ4v) is 4.40. The van der Waals surface area contributed by atoms with Crippen molar-refractivity contribution in [2.24, 2.45) is 0 Å². The lowest BCUT2D eigenvalue weighted by Crippen LogP contribution is -2.30. The van der Waals surface area contributed by atoms with Gasteiger partial charge in [-0.05, 0) is 55.8 Å². The molecule has 30 heavy (non-hydrogen) atoms. The molecule has 0 saturated heterocycles. The standard InChI is InChI=1S/C22H30N2O5S/c1-4-24(5-2)30(26,27)21-10-7-9-18(17-21)23-22(25)11-8-16-29-20-14-12-19(13-15-20)28-6-3/h7,9-10,12-15,17H,4-6,8,11,16H2,1-3H3,(H,23,25). The Morgan fingerprint density at radius 3 is 2.20 bits per heavy atom. The molecule has 1 N–H and O–H groups in total.